The van der Waals surface area contributed by atoms with E-state index < -0.39 is 0 Å². The lowest BCUT2D eigenvalue weighted by molar-refractivity contribution is 0.0601. The second-order valence-corrected chi connectivity index (χ2v) is 6.83. The first-order valence-corrected chi connectivity index (χ1v) is 8.52. The Labute approximate surface area is 139 Å². The van der Waals surface area contributed by atoms with Gasteiger partial charge in [0, 0.05) is 10.4 Å². The SMILES string of the molecule is COC(=O)c1c(NC(=O)c2ccc(C)cc2)sc2c1CCCC2. The van der Waals surface area contributed by atoms with Gasteiger partial charge in [0.15, 0.2) is 0 Å². The van der Waals surface area contributed by atoms with Gasteiger partial charge in [-0.1, -0.05) is 17.7 Å². The number of fused-ring (bicyclic) bond motifs is 1. The van der Waals surface area contributed by atoms with Crippen LogP contribution in [0.2, 0.25) is 0 Å². The Balaban J connectivity index is 1.93. The van der Waals surface area contributed by atoms with Crippen LogP contribution in [-0.4, -0.2) is 19.0 Å². The van der Waals surface area contributed by atoms with Crippen LogP contribution in [0.5, 0.6) is 0 Å². The van der Waals surface area contributed by atoms with Gasteiger partial charge in [-0.25, -0.2) is 4.79 Å². The summed E-state index contributed by atoms with van der Waals surface area (Å²) < 4.78 is 4.92. The third kappa shape index (κ3) is 3.15. The van der Waals surface area contributed by atoms with E-state index in [-0.39, 0.29) is 11.9 Å². The van der Waals surface area contributed by atoms with E-state index in [2.05, 4.69) is 5.32 Å². The van der Waals surface area contributed by atoms with Crippen molar-refractivity contribution in [3.8, 4) is 0 Å². The van der Waals surface area contributed by atoms with E-state index in [1.807, 2.05) is 19.1 Å². The zero-order valence-electron chi connectivity index (χ0n) is 13.3. The number of nitrogens with one attached hydrogen (secondary N) is 1. The van der Waals surface area contributed by atoms with Gasteiger partial charge >= 0.3 is 5.97 Å². The lowest BCUT2D eigenvalue weighted by Gasteiger charge is -2.11. The Hall–Kier alpha value is -2.14. The molecule has 0 aliphatic heterocycles. The molecular formula is C18H19NO3S. The fourth-order valence-corrected chi connectivity index (χ4v) is 4.12. The molecule has 4 nitrogen and oxygen atoms in total. The molecule has 2 aromatic rings. The molecule has 0 radical (unpaired) electrons. The summed E-state index contributed by atoms with van der Waals surface area (Å²) >= 11 is 1.50. The van der Waals surface area contributed by atoms with Crippen LogP contribution in [-0.2, 0) is 17.6 Å². The number of anilines is 1. The first kappa shape index (κ1) is 15.7. The number of aryl methyl sites for hydroxylation is 2. The molecule has 1 aromatic carbocycles. The lowest BCUT2D eigenvalue weighted by Crippen LogP contribution is -2.15. The average molecular weight is 329 g/mol. The molecule has 3 rings (SSSR count). The molecule has 1 amide bonds. The topological polar surface area (TPSA) is 55.4 Å². The molecular weight excluding hydrogens is 310 g/mol. The van der Waals surface area contributed by atoms with Gasteiger partial charge in [-0.2, -0.15) is 0 Å². The number of carbonyl (C=O) groups is 2. The monoisotopic (exact) mass is 329 g/mol. The summed E-state index contributed by atoms with van der Waals surface area (Å²) in [6, 6.07) is 7.37. The predicted molar refractivity (Wildman–Crippen MR) is 91.4 cm³/mol. The van der Waals surface area contributed by atoms with Crippen molar-refractivity contribution < 1.29 is 14.3 Å². The number of methoxy groups -OCH3 is 1. The van der Waals surface area contributed by atoms with E-state index in [4.69, 9.17) is 4.74 Å². The van der Waals surface area contributed by atoms with Gasteiger partial charge in [0.2, 0.25) is 0 Å². The second kappa shape index (κ2) is 6.54. The molecule has 23 heavy (non-hydrogen) atoms. The van der Waals surface area contributed by atoms with Crippen molar-refractivity contribution >= 4 is 28.2 Å². The molecule has 0 unspecified atom stereocenters. The highest BCUT2D eigenvalue weighted by molar-refractivity contribution is 7.17. The summed E-state index contributed by atoms with van der Waals surface area (Å²) in [5.41, 5.74) is 3.26. The minimum atomic E-state index is -0.372. The highest BCUT2D eigenvalue weighted by atomic mass is 32.1. The molecule has 0 saturated carbocycles. The maximum absolute atomic E-state index is 12.4. The van der Waals surface area contributed by atoms with Crippen LogP contribution in [0.25, 0.3) is 0 Å². The van der Waals surface area contributed by atoms with Crippen LogP contribution in [0.15, 0.2) is 24.3 Å². The minimum Gasteiger partial charge on any atom is -0.465 e. The average Bonchev–Trinajstić information content (AvgIpc) is 2.92. The maximum Gasteiger partial charge on any atom is 0.341 e. The molecule has 1 N–H and O–H groups in total. The van der Waals surface area contributed by atoms with E-state index in [0.717, 1.165) is 36.8 Å². The van der Waals surface area contributed by atoms with Crippen molar-refractivity contribution in [1.82, 2.24) is 0 Å². The third-order valence-corrected chi connectivity index (χ3v) is 5.31. The van der Waals surface area contributed by atoms with E-state index in [1.54, 1.807) is 12.1 Å². The molecule has 1 heterocycles. The molecule has 1 aromatic heterocycles. The predicted octanol–water partition coefficient (Wildman–Crippen LogP) is 3.97. The van der Waals surface area contributed by atoms with Crippen LogP contribution in [0, 0.1) is 6.92 Å². The summed E-state index contributed by atoms with van der Waals surface area (Å²) in [7, 11) is 1.38. The number of hydrogen-bond donors (Lipinski definition) is 1. The normalized spacial score (nSPS) is 13.3. The van der Waals surface area contributed by atoms with E-state index in [1.165, 1.54) is 23.3 Å². The van der Waals surface area contributed by atoms with E-state index in [0.29, 0.717) is 16.1 Å². The highest BCUT2D eigenvalue weighted by Crippen LogP contribution is 2.38. The Bertz CT molecular complexity index is 746. The van der Waals surface area contributed by atoms with Crippen LogP contribution in [0.4, 0.5) is 5.00 Å². The maximum atomic E-state index is 12.4. The van der Waals surface area contributed by atoms with Crippen molar-refractivity contribution in [2.75, 3.05) is 12.4 Å². The standard InChI is InChI=1S/C18H19NO3S/c1-11-7-9-12(10-8-11)16(20)19-17-15(18(21)22-2)13-5-3-4-6-14(13)23-17/h7-10H,3-6H2,1-2H3,(H,19,20). The summed E-state index contributed by atoms with van der Waals surface area (Å²) in [6.45, 7) is 1.98. The number of rotatable bonds is 3. The summed E-state index contributed by atoms with van der Waals surface area (Å²) in [4.78, 5) is 25.8. The van der Waals surface area contributed by atoms with Gasteiger partial charge in [-0.3, -0.25) is 4.79 Å². The largest absolute Gasteiger partial charge is 0.465 e. The van der Waals surface area contributed by atoms with Crippen molar-refractivity contribution in [3.05, 3.63) is 51.4 Å². The Morgan fingerprint density at radius 3 is 2.52 bits per heavy atom. The molecule has 120 valence electrons. The molecule has 0 bridgehead atoms. The van der Waals surface area contributed by atoms with Crippen molar-refractivity contribution in [2.24, 2.45) is 0 Å². The van der Waals surface area contributed by atoms with E-state index in [9.17, 15) is 9.59 Å². The van der Waals surface area contributed by atoms with Gasteiger partial charge in [0.25, 0.3) is 5.91 Å². The Kier molecular flexibility index (Phi) is 4.48. The summed E-state index contributed by atoms with van der Waals surface area (Å²) in [6.07, 6.45) is 4.03. The van der Waals surface area contributed by atoms with Gasteiger partial charge in [0.05, 0.1) is 12.7 Å². The van der Waals surface area contributed by atoms with Crippen LogP contribution in [0.3, 0.4) is 0 Å². The lowest BCUT2D eigenvalue weighted by atomic mass is 9.95. The van der Waals surface area contributed by atoms with Crippen LogP contribution in [0.1, 0.15) is 49.6 Å². The number of amides is 1. The number of benzene rings is 1. The second-order valence-electron chi connectivity index (χ2n) is 5.73. The van der Waals surface area contributed by atoms with Crippen LogP contribution < -0.4 is 5.32 Å². The van der Waals surface area contributed by atoms with Crippen molar-refractivity contribution in [3.63, 3.8) is 0 Å². The minimum absolute atomic E-state index is 0.200. The van der Waals surface area contributed by atoms with Gasteiger partial charge < -0.3 is 10.1 Å². The van der Waals surface area contributed by atoms with Gasteiger partial charge in [-0.15, -0.1) is 11.3 Å². The van der Waals surface area contributed by atoms with Gasteiger partial charge in [-0.05, 0) is 50.3 Å². The Morgan fingerprint density at radius 2 is 1.83 bits per heavy atom. The number of esters is 1. The Morgan fingerprint density at radius 1 is 1.13 bits per heavy atom. The first-order valence-electron chi connectivity index (χ1n) is 7.71. The summed E-state index contributed by atoms with van der Waals surface area (Å²) in [5.74, 6) is -0.572. The fourth-order valence-electron chi connectivity index (χ4n) is 2.85. The number of ether oxygens (including phenoxy) is 1. The quantitative estimate of drug-likeness (QED) is 0.867. The molecule has 0 spiro atoms. The third-order valence-electron chi connectivity index (χ3n) is 4.10. The molecule has 1 aliphatic carbocycles. The number of thiophene rings is 1. The number of hydrogen-bond acceptors (Lipinski definition) is 4. The van der Waals surface area contributed by atoms with Crippen molar-refractivity contribution in [2.45, 2.75) is 32.6 Å². The molecule has 0 saturated heterocycles. The summed E-state index contributed by atoms with van der Waals surface area (Å²) in [5, 5.41) is 3.50. The smallest absolute Gasteiger partial charge is 0.341 e. The van der Waals surface area contributed by atoms with Crippen LogP contribution >= 0.6 is 11.3 Å². The number of carbonyl (C=O) groups excluding carboxylic acids is 2. The van der Waals surface area contributed by atoms with E-state index >= 15 is 0 Å². The first-order chi connectivity index (χ1) is 11.1. The molecule has 0 atom stereocenters. The molecule has 1 aliphatic rings. The van der Waals surface area contributed by atoms with Crippen molar-refractivity contribution in [1.29, 1.82) is 0 Å². The fraction of sp³-hybridized carbons (Fsp3) is 0.333. The zero-order chi connectivity index (χ0) is 16.4. The highest BCUT2D eigenvalue weighted by Gasteiger charge is 2.27. The molecule has 0 fully saturated rings. The van der Waals surface area contributed by atoms with Gasteiger partial charge in [0.1, 0.15) is 5.00 Å². The zero-order valence-corrected chi connectivity index (χ0v) is 14.1. The molecule has 5 heteroatoms.